The van der Waals surface area contributed by atoms with Crippen molar-refractivity contribution in [2.24, 2.45) is 0 Å². The van der Waals surface area contributed by atoms with Gasteiger partial charge in [-0.15, -0.1) is 0 Å². The second kappa shape index (κ2) is 6.83. The minimum absolute atomic E-state index is 0.0256. The van der Waals surface area contributed by atoms with Crippen LogP contribution in [0.5, 0.6) is 5.75 Å². The van der Waals surface area contributed by atoms with Gasteiger partial charge in [0, 0.05) is 5.56 Å². The Kier molecular flexibility index (Phi) is 4.87. The summed E-state index contributed by atoms with van der Waals surface area (Å²) in [6, 6.07) is 15.0. The molecule has 1 amide bonds. The third kappa shape index (κ3) is 4.27. The van der Waals surface area contributed by atoms with Crippen LogP contribution in [0.4, 0.5) is 8.78 Å². The normalized spacial score (nSPS) is 12.0. The number of hydrogen-bond donors (Lipinski definition) is 1. The van der Waals surface area contributed by atoms with Crippen LogP contribution in [0.3, 0.4) is 0 Å². The number of halogens is 2. The number of carbonyl (C=O) groups excluding carboxylic acids is 1. The molecule has 2 rings (SSSR count). The van der Waals surface area contributed by atoms with Crippen LogP contribution in [0.15, 0.2) is 54.6 Å². The van der Waals surface area contributed by atoms with Gasteiger partial charge in [0.25, 0.3) is 5.91 Å². The van der Waals surface area contributed by atoms with Crippen molar-refractivity contribution < 1.29 is 18.3 Å². The Bertz CT molecular complexity index is 585. The summed E-state index contributed by atoms with van der Waals surface area (Å²) >= 11 is 0. The highest BCUT2D eigenvalue weighted by molar-refractivity contribution is 5.94. The molecule has 0 aliphatic carbocycles. The Morgan fingerprint density at radius 2 is 1.67 bits per heavy atom. The molecule has 0 fully saturated rings. The van der Waals surface area contributed by atoms with Crippen LogP contribution >= 0.6 is 0 Å². The van der Waals surface area contributed by atoms with E-state index >= 15 is 0 Å². The summed E-state index contributed by atoms with van der Waals surface area (Å²) in [4.78, 5) is 12.1. The Labute approximate surface area is 121 Å². The van der Waals surface area contributed by atoms with Gasteiger partial charge in [0.1, 0.15) is 5.75 Å². The minimum atomic E-state index is -2.87. The van der Waals surface area contributed by atoms with Gasteiger partial charge in [-0.1, -0.05) is 30.3 Å². The van der Waals surface area contributed by atoms with Crippen molar-refractivity contribution in [2.75, 3.05) is 0 Å². The topological polar surface area (TPSA) is 38.3 Å². The molecule has 0 saturated carbocycles. The number of carbonyl (C=O) groups is 1. The van der Waals surface area contributed by atoms with Crippen LogP contribution in [-0.2, 0) is 0 Å². The lowest BCUT2D eigenvalue weighted by atomic mass is 10.1. The zero-order valence-electron chi connectivity index (χ0n) is 11.4. The van der Waals surface area contributed by atoms with E-state index in [-0.39, 0.29) is 17.7 Å². The number of benzene rings is 2. The first-order chi connectivity index (χ1) is 10.1. The number of alkyl halides is 2. The lowest BCUT2D eigenvalue weighted by molar-refractivity contribution is -0.0498. The molecule has 0 aliphatic heterocycles. The van der Waals surface area contributed by atoms with Gasteiger partial charge in [0.15, 0.2) is 0 Å². The lowest BCUT2D eigenvalue weighted by Crippen LogP contribution is -2.26. The summed E-state index contributed by atoms with van der Waals surface area (Å²) in [6.45, 7) is -0.996. The van der Waals surface area contributed by atoms with Gasteiger partial charge in [-0.3, -0.25) is 4.79 Å². The van der Waals surface area contributed by atoms with Crippen molar-refractivity contribution in [2.45, 2.75) is 19.6 Å². The molecular formula is C16H15F2NO2. The summed E-state index contributed by atoms with van der Waals surface area (Å²) in [5, 5.41) is 2.84. The third-order valence-electron chi connectivity index (χ3n) is 2.99. The molecule has 2 aromatic carbocycles. The van der Waals surface area contributed by atoms with E-state index in [1.54, 1.807) is 0 Å². The molecule has 0 unspecified atom stereocenters. The number of hydrogen-bond acceptors (Lipinski definition) is 2. The van der Waals surface area contributed by atoms with Crippen LogP contribution in [0.25, 0.3) is 0 Å². The highest BCUT2D eigenvalue weighted by atomic mass is 19.3. The van der Waals surface area contributed by atoms with E-state index in [0.29, 0.717) is 5.56 Å². The van der Waals surface area contributed by atoms with E-state index in [1.165, 1.54) is 24.3 Å². The molecule has 0 bridgehead atoms. The molecule has 0 heterocycles. The standard InChI is InChI=1S/C16H15F2NO2/c1-11(12-5-3-2-4-6-12)19-15(20)13-7-9-14(10-8-13)21-16(17)18/h2-11,16H,1H3,(H,19,20)/t11-/m1/s1. The minimum Gasteiger partial charge on any atom is -0.435 e. The second-order valence-corrected chi connectivity index (χ2v) is 4.51. The predicted molar refractivity (Wildman–Crippen MR) is 75.4 cm³/mol. The maximum absolute atomic E-state index is 12.1. The summed E-state index contributed by atoms with van der Waals surface area (Å²) in [5.41, 5.74) is 1.38. The molecule has 0 aliphatic rings. The Morgan fingerprint density at radius 3 is 2.24 bits per heavy atom. The molecule has 0 saturated heterocycles. The molecule has 0 spiro atoms. The first-order valence-electron chi connectivity index (χ1n) is 6.47. The average molecular weight is 291 g/mol. The van der Waals surface area contributed by atoms with Gasteiger partial charge in [0.05, 0.1) is 6.04 Å². The molecular weight excluding hydrogens is 276 g/mol. The van der Waals surface area contributed by atoms with Crippen molar-refractivity contribution in [1.29, 1.82) is 0 Å². The van der Waals surface area contributed by atoms with Crippen molar-refractivity contribution in [1.82, 2.24) is 5.32 Å². The van der Waals surface area contributed by atoms with Crippen molar-refractivity contribution in [3.8, 4) is 5.75 Å². The maximum Gasteiger partial charge on any atom is 0.387 e. The fourth-order valence-electron chi connectivity index (χ4n) is 1.89. The quantitative estimate of drug-likeness (QED) is 0.910. The van der Waals surface area contributed by atoms with Gasteiger partial charge < -0.3 is 10.1 Å². The molecule has 5 heteroatoms. The molecule has 3 nitrogen and oxygen atoms in total. The summed E-state index contributed by atoms with van der Waals surface area (Å²) in [5.74, 6) is -0.243. The van der Waals surface area contributed by atoms with Gasteiger partial charge in [-0.25, -0.2) is 0 Å². The average Bonchev–Trinajstić information content (AvgIpc) is 2.48. The fourth-order valence-corrected chi connectivity index (χ4v) is 1.89. The highest BCUT2D eigenvalue weighted by Gasteiger charge is 2.11. The molecule has 2 aromatic rings. The first kappa shape index (κ1) is 15.0. The largest absolute Gasteiger partial charge is 0.435 e. The van der Waals surface area contributed by atoms with Gasteiger partial charge in [0.2, 0.25) is 0 Å². The van der Waals surface area contributed by atoms with E-state index in [1.807, 2.05) is 37.3 Å². The zero-order valence-corrected chi connectivity index (χ0v) is 11.4. The predicted octanol–water partition coefficient (Wildman–Crippen LogP) is 3.78. The number of amides is 1. The van der Waals surface area contributed by atoms with Crippen LogP contribution in [0, 0.1) is 0 Å². The van der Waals surface area contributed by atoms with Crippen molar-refractivity contribution in [3.05, 3.63) is 65.7 Å². The fraction of sp³-hybridized carbons (Fsp3) is 0.188. The Balaban J connectivity index is 2.00. The van der Waals surface area contributed by atoms with E-state index in [4.69, 9.17) is 0 Å². The summed E-state index contributed by atoms with van der Waals surface area (Å²) in [6.07, 6.45) is 0. The smallest absolute Gasteiger partial charge is 0.387 e. The monoisotopic (exact) mass is 291 g/mol. The maximum atomic E-state index is 12.1. The van der Waals surface area contributed by atoms with E-state index in [2.05, 4.69) is 10.1 Å². The first-order valence-corrected chi connectivity index (χ1v) is 6.47. The van der Waals surface area contributed by atoms with E-state index < -0.39 is 6.61 Å². The molecule has 21 heavy (non-hydrogen) atoms. The van der Waals surface area contributed by atoms with Crippen LogP contribution < -0.4 is 10.1 Å². The Morgan fingerprint density at radius 1 is 1.05 bits per heavy atom. The third-order valence-corrected chi connectivity index (χ3v) is 2.99. The Hall–Kier alpha value is -2.43. The zero-order chi connectivity index (χ0) is 15.2. The van der Waals surface area contributed by atoms with Crippen LogP contribution in [0.2, 0.25) is 0 Å². The second-order valence-electron chi connectivity index (χ2n) is 4.51. The number of nitrogens with one attached hydrogen (secondary N) is 1. The van der Waals surface area contributed by atoms with Crippen molar-refractivity contribution in [3.63, 3.8) is 0 Å². The molecule has 0 radical (unpaired) electrons. The lowest BCUT2D eigenvalue weighted by Gasteiger charge is -2.14. The van der Waals surface area contributed by atoms with E-state index in [0.717, 1.165) is 5.56 Å². The summed E-state index contributed by atoms with van der Waals surface area (Å²) < 4.78 is 28.3. The van der Waals surface area contributed by atoms with Crippen LogP contribution in [0.1, 0.15) is 28.9 Å². The SMILES string of the molecule is C[C@@H](NC(=O)c1ccc(OC(F)F)cc1)c1ccccc1. The van der Waals surface area contributed by atoms with Crippen LogP contribution in [-0.4, -0.2) is 12.5 Å². The molecule has 0 aromatic heterocycles. The highest BCUT2D eigenvalue weighted by Crippen LogP contribution is 2.16. The van der Waals surface area contributed by atoms with Crippen molar-refractivity contribution >= 4 is 5.91 Å². The molecule has 110 valence electrons. The number of rotatable bonds is 5. The molecule has 1 N–H and O–H groups in total. The molecule has 1 atom stereocenters. The van der Waals surface area contributed by atoms with E-state index in [9.17, 15) is 13.6 Å². The van der Waals surface area contributed by atoms with Gasteiger partial charge in [-0.05, 0) is 36.8 Å². The van der Waals surface area contributed by atoms with Gasteiger partial charge >= 0.3 is 6.61 Å². The van der Waals surface area contributed by atoms with Gasteiger partial charge in [-0.2, -0.15) is 8.78 Å². The summed E-state index contributed by atoms with van der Waals surface area (Å²) in [7, 11) is 0. The number of ether oxygens (including phenoxy) is 1.